The molecule has 0 radical (unpaired) electrons. The van der Waals surface area contributed by atoms with Crippen molar-refractivity contribution in [2.75, 3.05) is 13.2 Å². The SMILES string of the molecule is CC/C=C\C/C=C\C/C=C\CCCCCCCC(=O)OC1C(OCC(COC(=O)CCCCCCC/C=C\C/C=C\CCCCC)OC(=O)CCCCCCCCCCCCCCCCC)OC(C(=O)O)C(O)C1O. The fourth-order valence-corrected chi connectivity index (χ4v) is 8.94. The average Bonchev–Trinajstić information content (AvgIpc) is 3.39. The number of carbonyl (C=O) groups is 4. The van der Waals surface area contributed by atoms with Gasteiger partial charge in [0.05, 0.1) is 6.61 Å². The quantitative estimate of drug-likeness (QED) is 0.0228. The van der Waals surface area contributed by atoms with Crippen LogP contribution >= 0.6 is 0 Å². The lowest BCUT2D eigenvalue weighted by atomic mass is 9.98. The number of allylic oxidation sites excluding steroid dienone is 10. The van der Waals surface area contributed by atoms with Crippen molar-refractivity contribution in [3.05, 3.63) is 60.8 Å². The molecule has 1 saturated heterocycles. The van der Waals surface area contributed by atoms with Gasteiger partial charge in [-0.3, -0.25) is 14.4 Å². The van der Waals surface area contributed by atoms with Gasteiger partial charge in [0.1, 0.15) is 18.8 Å². The Morgan fingerprint density at radius 1 is 0.453 bits per heavy atom. The Kier molecular flexibility index (Phi) is 47.4. The Morgan fingerprint density at radius 2 is 0.840 bits per heavy atom. The predicted molar refractivity (Wildman–Crippen MR) is 303 cm³/mol. The monoisotopic (exact) mass is 1060 g/mol. The Morgan fingerprint density at radius 3 is 1.31 bits per heavy atom. The van der Waals surface area contributed by atoms with Crippen LogP contribution in [0.25, 0.3) is 0 Å². The number of esters is 3. The number of ether oxygens (including phenoxy) is 5. The highest BCUT2D eigenvalue weighted by atomic mass is 16.7. The lowest BCUT2D eigenvalue weighted by Gasteiger charge is -2.40. The van der Waals surface area contributed by atoms with Crippen LogP contribution in [0.4, 0.5) is 0 Å². The van der Waals surface area contributed by atoms with E-state index < -0.39 is 67.3 Å². The van der Waals surface area contributed by atoms with Crippen LogP contribution in [0.1, 0.15) is 265 Å². The minimum absolute atomic E-state index is 0.0400. The van der Waals surface area contributed by atoms with E-state index in [1.165, 1.54) is 89.9 Å². The third kappa shape index (κ3) is 41.2. The van der Waals surface area contributed by atoms with Crippen LogP contribution in [0.5, 0.6) is 0 Å². The first-order valence-electron chi connectivity index (χ1n) is 30.3. The number of hydrogen-bond donors (Lipinski definition) is 3. The van der Waals surface area contributed by atoms with E-state index in [9.17, 15) is 34.5 Å². The molecule has 3 N–H and O–H groups in total. The molecule has 1 aliphatic heterocycles. The molecule has 0 aromatic rings. The van der Waals surface area contributed by atoms with E-state index in [4.69, 9.17) is 23.7 Å². The van der Waals surface area contributed by atoms with Crippen molar-refractivity contribution in [3.8, 4) is 0 Å². The molecule has 1 heterocycles. The van der Waals surface area contributed by atoms with Crippen LogP contribution in [-0.4, -0.2) is 89.2 Å². The van der Waals surface area contributed by atoms with E-state index in [0.717, 1.165) is 116 Å². The number of rotatable bonds is 51. The maximum Gasteiger partial charge on any atom is 0.335 e. The Balaban J connectivity index is 2.70. The number of hydrogen-bond acceptors (Lipinski definition) is 11. The average molecular weight is 1060 g/mol. The van der Waals surface area contributed by atoms with Crippen molar-refractivity contribution in [1.82, 2.24) is 0 Å². The lowest BCUT2D eigenvalue weighted by molar-refractivity contribution is -0.301. The molecule has 0 aromatic carbocycles. The van der Waals surface area contributed by atoms with Crippen LogP contribution in [-0.2, 0) is 42.9 Å². The van der Waals surface area contributed by atoms with Crippen LogP contribution in [0.2, 0.25) is 0 Å². The van der Waals surface area contributed by atoms with Crippen molar-refractivity contribution in [1.29, 1.82) is 0 Å². The van der Waals surface area contributed by atoms with Gasteiger partial charge in [-0.05, 0) is 83.5 Å². The highest BCUT2D eigenvalue weighted by Crippen LogP contribution is 2.26. The Hall–Kier alpha value is -3.58. The molecule has 1 aliphatic rings. The summed E-state index contributed by atoms with van der Waals surface area (Å²) < 4.78 is 28.4. The third-order valence-electron chi connectivity index (χ3n) is 13.6. The number of carboxylic acids is 1. The normalized spacial score (nSPS) is 18.5. The van der Waals surface area contributed by atoms with Crippen molar-refractivity contribution >= 4 is 23.9 Å². The molecule has 6 atom stereocenters. The molecule has 12 heteroatoms. The van der Waals surface area contributed by atoms with Gasteiger partial charge in [-0.2, -0.15) is 0 Å². The zero-order valence-corrected chi connectivity index (χ0v) is 47.5. The summed E-state index contributed by atoms with van der Waals surface area (Å²) in [5.74, 6) is -3.14. The van der Waals surface area contributed by atoms with Crippen molar-refractivity contribution < 1.29 is 58.2 Å². The van der Waals surface area contributed by atoms with E-state index in [2.05, 4.69) is 81.5 Å². The zero-order chi connectivity index (χ0) is 54.7. The number of carbonyl (C=O) groups excluding carboxylic acids is 3. The van der Waals surface area contributed by atoms with Crippen LogP contribution in [0.3, 0.4) is 0 Å². The fourth-order valence-electron chi connectivity index (χ4n) is 8.94. The number of aliphatic carboxylic acids is 1. The minimum Gasteiger partial charge on any atom is -0.479 e. The number of aliphatic hydroxyl groups excluding tert-OH is 2. The van der Waals surface area contributed by atoms with Crippen LogP contribution in [0.15, 0.2) is 60.8 Å². The summed E-state index contributed by atoms with van der Waals surface area (Å²) >= 11 is 0. The molecule has 0 aliphatic carbocycles. The molecular formula is C63H108O12. The molecule has 0 spiro atoms. The zero-order valence-electron chi connectivity index (χ0n) is 47.5. The number of unbranched alkanes of at least 4 members (excludes halogenated alkanes) is 27. The molecule has 0 saturated carbocycles. The molecule has 75 heavy (non-hydrogen) atoms. The first-order valence-corrected chi connectivity index (χ1v) is 30.3. The molecule has 0 aromatic heterocycles. The van der Waals surface area contributed by atoms with Gasteiger partial charge in [0.2, 0.25) is 0 Å². The van der Waals surface area contributed by atoms with E-state index in [1.54, 1.807) is 0 Å². The molecule has 1 fully saturated rings. The minimum atomic E-state index is -1.91. The van der Waals surface area contributed by atoms with Gasteiger partial charge in [-0.1, -0.05) is 223 Å². The number of carboxylic acid groups (broad SMARTS) is 1. The second-order valence-corrected chi connectivity index (χ2v) is 20.6. The second-order valence-electron chi connectivity index (χ2n) is 20.6. The first kappa shape index (κ1) is 69.4. The topological polar surface area (TPSA) is 175 Å². The fraction of sp³-hybridized carbons (Fsp3) is 0.778. The maximum atomic E-state index is 13.2. The maximum absolute atomic E-state index is 13.2. The summed E-state index contributed by atoms with van der Waals surface area (Å²) in [6.45, 7) is 5.85. The third-order valence-corrected chi connectivity index (χ3v) is 13.6. The number of aliphatic hydroxyl groups is 2. The smallest absolute Gasteiger partial charge is 0.335 e. The molecule has 0 amide bonds. The van der Waals surface area contributed by atoms with Gasteiger partial charge in [0.15, 0.2) is 24.6 Å². The van der Waals surface area contributed by atoms with E-state index >= 15 is 0 Å². The summed E-state index contributed by atoms with van der Waals surface area (Å²) in [6.07, 6.45) is 50.4. The molecule has 0 bridgehead atoms. The molecular weight excluding hydrogens is 949 g/mol. The van der Waals surface area contributed by atoms with E-state index in [0.29, 0.717) is 19.3 Å². The molecule has 432 valence electrons. The Bertz CT molecular complexity index is 1540. The lowest BCUT2D eigenvalue weighted by Crippen LogP contribution is -2.61. The molecule has 1 rings (SSSR count). The summed E-state index contributed by atoms with van der Waals surface area (Å²) in [5.41, 5.74) is 0. The molecule has 6 unspecified atom stereocenters. The summed E-state index contributed by atoms with van der Waals surface area (Å²) in [7, 11) is 0. The van der Waals surface area contributed by atoms with Crippen molar-refractivity contribution in [2.24, 2.45) is 0 Å². The van der Waals surface area contributed by atoms with Gasteiger partial charge in [0.25, 0.3) is 0 Å². The first-order chi connectivity index (χ1) is 36.6. The van der Waals surface area contributed by atoms with Crippen LogP contribution < -0.4 is 0 Å². The van der Waals surface area contributed by atoms with Gasteiger partial charge >= 0.3 is 23.9 Å². The largest absolute Gasteiger partial charge is 0.479 e. The Labute approximate surface area is 456 Å². The van der Waals surface area contributed by atoms with Gasteiger partial charge in [-0.25, -0.2) is 4.79 Å². The predicted octanol–water partition coefficient (Wildman–Crippen LogP) is 15.6. The highest BCUT2D eigenvalue weighted by molar-refractivity contribution is 5.74. The van der Waals surface area contributed by atoms with Gasteiger partial charge < -0.3 is 39.0 Å². The van der Waals surface area contributed by atoms with Crippen molar-refractivity contribution in [3.63, 3.8) is 0 Å². The van der Waals surface area contributed by atoms with Crippen LogP contribution in [0, 0.1) is 0 Å². The van der Waals surface area contributed by atoms with Crippen molar-refractivity contribution in [2.45, 2.75) is 302 Å². The second kappa shape index (κ2) is 51.2. The summed E-state index contributed by atoms with van der Waals surface area (Å²) in [5, 5.41) is 31.5. The van der Waals surface area contributed by atoms with E-state index in [-0.39, 0.29) is 25.9 Å². The summed E-state index contributed by atoms with van der Waals surface area (Å²) in [6, 6.07) is 0. The highest BCUT2D eigenvalue weighted by Gasteiger charge is 2.50. The van der Waals surface area contributed by atoms with Gasteiger partial charge in [0, 0.05) is 19.3 Å². The van der Waals surface area contributed by atoms with E-state index in [1.807, 2.05) is 0 Å². The summed E-state index contributed by atoms with van der Waals surface area (Å²) in [4.78, 5) is 51.1. The standard InChI is InChI=1S/C63H108O12/c1-4-7-10-13-16-19-22-25-28-31-34-37-40-43-46-49-55(64)71-52-54(73-56(65)50-47-44-41-38-35-32-29-26-23-20-17-14-11-8-5-2)53-72-63-61(59(68)58(67)60(75-63)62(69)70)74-57(66)51-48-45-42-39-36-33-30-27-24-21-18-15-12-9-6-3/h9,12,16,18-19,21,25,27-28,30,54,58-61,63,67-68H,4-8,10-11,13-15,17,20,22-24,26,29,31-53H2,1-3H3,(H,69,70)/b12-9-,19-16-,21-18-,28-25-,30-27-. The molecule has 12 nitrogen and oxygen atoms in total. The van der Waals surface area contributed by atoms with Gasteiger partial charge in [-0.15, -0.1) is 0 Å².